The zero-order valence-electron chi connectivity index (χ0n) is 13.9. The van der Waals surface area contributed by atoms with Crippen molar-refractivity contribution in [3.05, 3.63) is 52.3 Å². The number of alkyl halides is 3. The highest BCUT2D eigenvalue weighted by molar-refractivity contribution is 5.77. The SMILES string of the molecule is Cc1cc(N2CCc3ncc(C(F)(F)F)cc3C2)cc(C)c1NC=O. The molecule has 1 amide bonds. The Morgan fingerprint density at radius 1 is 1.20 bits per heavy atom. The van der Waals surface area contributed by atoms with Gasteiger partial charge in [-0.15, -0.1) is 0 Å². The molecule has 0 unspecified atom stereocenters. The number of nitrogens with one attached hydrogen (secondary N) is 1. The van der Waals surface area contributed by atoms with Gasteiger partial charge in [-0.05, 0) is 48.7 Å². The maximum absolute atomic E-state index is 12.9. The Bertz CT molecular complexity index is 795. The van der Waals surface area contributed by atoms with E-state index in [4.69, 9.17) is 0 Å². The molecule has 132 valence electrons. The molecule has 0 radical (unpaired) electrons. The van der Waals surface area contributed by atoms with Crippen LogP contribution in [0.3, 0.4) is 0 Å². The Hall–Kier alpha value is -2.57. The van der Waals surface area contributed by atoms with E-state index in [2.05, 4.69) is 10.3 Å². The molecule has 0 bridgehead atoms. The Morgan fingerprint density at radius 2 is 1.88 bits per heavy atom. The Morgan fingerprint density at radius 3 is 2.48 bits per heavy atom. The van der Waals surface area contributed by atoms with Crippen molar-refractivity contribution in [1.82, 2.24) is 4.98 Å². The van der Waals surface area contributed by atoms with Crippen molar-refractivity contribution in [1.29, 1.82) is 0 Å². The first-order chi connectivity index (χ1) is 11.8. The van der Waals surface area contributed by atoms with E-state index in [9.17, 15) is 18.0 Å². The molecule has 0 saturated carbocycles. The number of carbonyl (C=O) groups is 1. The van der Waals surface area contributed by atoms with Crippen LogP contribution < -0.4 is 10.2 Å². The normalized spacial score (nSPS) is 14.2. The molecule has 2 aromatic rings. The third kappa shape index (κ3) is 3.45. The van der Waals surface area contributed by atoms with E-state index in [1.54, 1.807) is 0 Å². The standard InChI is InChI=1S/C18H18F3N3O/c1-11-5-15(6-12(2)17(11)23-10-25)24-4-3-16-13(9-24)7-14(8-22-16)18(19,20)21/h5-8,10H,3-4,9H2,1-2H3,(H,23,25). The monoisotopic (exact) mass is 349 g/mol. The summed E-state index contributed by atoms with van der Waals surface area (Å²) in [4.78, 5) is 16.7. The van der Waals surface area contributed by atoms with E-state index in [0.29, 0.717) is 31.5 Å². The number of halogens is 3. The van der Waals surface area contributed by atoms with Crippen LogP contribution in [-0.2, 0) is 23.9 Å². The molecule has 25 heavy (non-hydrogen) atoms. The second kappa shape index (κ2) is 6.38. The molecule has 0 atom stereocenters. The summed E-state index contributed by atoms with van der Waals surface area (Å²) in [5.41, 5.74) is 4.12. The van der Waals surface area contributed by atoms with Gasteiger partial charge in [0.15, 0.2) is 0 Å². The quantitative estimate of drug-likeness (QED) is 0.856. The molecule has 1 aromatic heterocycles. The maximum Gasteiger partial charge on any atom is 0.417 e. The lowest BCUT2D eigenvalue weighted by Crippen LogP contribution is -2.31. The van der Waals surface area contributed by atoms with Crippen molar-refractivity contribution in [2.45, 2.75) is 33.0 Å². The molecule has 2 heterocycles. The number of pyridine rings is 1. The van der Waals surface area contributed by atoms with E-state index in [1.165, 1.54) is 6.07 Å². The minimum atomic E-state index is -4.39. The summed E-state index contributed by atoms with van der Waals surface area (Å²) in [5, 5.41) is 2.68. The number of aryl methyl sites for hydroxylation is 2. The number of aromatic nitrogens is 1. The zero-order valence-corrected chi connectivity index (χ0v) is 13.9. The number of hydrogen-bond acceptors (Lipinski definition) is 3. The number of nitrogens with zero attached hydrogens (tertiary/aromatic N) is 2. The maximum atomic E-state index is 12.9. The minimum absolute atomic E-state index is 0.381. The first kappa shape index (κ1) is 17.3. The van der Waals surface area contributed by atoms with E-state index in [1.807, 2.05) is 30.9 Å². The number of anilines is 2. The van der Waals surface area contributed by atoms with Gasteiger partial charge in [0, 0.05) is 42.8 Å². The fourth-order valence-electron chi connectivity index (χ4n) is 3.21. The predicted octanol–water partition coefficient (Wildman–Crippen LogP) is 3.85. The summed E-state index contributed by atoms with van der Waals surface area (Å²) in [6, 6.07) is 5.06. The summed E-state index contributed by atoms with van der Waals surface area (Å²) in [7, 11) is 0. The van der Waals surface area contributed by atoms with Gasteiger partial charge in [0.1, 0.15) is 0 Å². The second-order valence-electron chi connectivity index (χ2n) is 6.22. The van der Waals surface area contributed by atoms with Crippen LogP contribution in [0, 0.1) is 13.8 Å². The summed E-state index contributed by atoms with van der Waals surface area (Å²) >= 11 is 0. The molecule has 0 fully saturated rings. The van der Waals surface area contributed by atoms with Crippen LogP contribution in [-0.4, -0.2) is 17.9 Å². The van der Waals surface area contributed by atoms with Gasteiger partial charge in [-0.25, -0.2) is 0 Å². The molecule has 1 aromatic carbocycles. The van der Waals surface area contributed by atoms with Gasteiger partial charge in [0.25, 0.3) is 0 Å². The van der Waals surface area contributed by atoms with Crippen molar-refractivity contribution in [3.8, 4) is 0 Å². The third-order valence-electron chi connectivity index (χ3n) is 4.45. The van der Waals surface area contributed by atoms with Crippen LogP contribution >= 0.6 is 0 Å². The van der Waals surface area contributed by atoms with Crippen molar-refractivity contribution < 1.29 is 18.0 Å². The number of hydrogen-bond donors (Lipinski definition) is 1. The summed E-state index contributed by atoms with van der Waals surface area (Å²) in [5.74, 6) is 0. The van der Waals surface area contributed by atoms with Crippen LogP contribution in [0.5, 0.6) is 0 Å². The van der Waals surface area contributed by atoms with E-state index >= 15 is 0 Å². The molecule has 1 aliphatic heterocycles. The molecule has 1 N–H and O–H groups in total. The van der Waals surface area contributed by atoms with Gasteiger partial charge in [-0.2, -0.15) is 13.2 Å². The van der Waals surface area contributed by atoms with E-state index in [0.717, 1.165) is 34.4 Å². The number of carbonyl (C=O) groups excluding carboxylic acids is 1. The highest BCUT2D eigenvalue weighted by Crippen LogP contribution is 2.33. The van der Waals surface area contributed by atoms with Crippen LogP contribution in [0.4, 0.5) is 24.5 Å². The summed E-state index contributed by atoms with van der Waals surface area (Å²) in [6.45, 7) is 4.85. The lowest BCUT2D eigenvalue weighted by molar-refractivity contribution is -0.137. The predicted molar refractivity (Wildman–Crippen MR) is 89.6 cm³/mol. The molecule has 0 aliphatic carbocycles. The van der Waals surface area contributed by atoms with Crippen LogP contribution in [0.1, 0.15) is 27.9 Å². The zero-order chi connectivity index (χ0) is 18.2. The molecule has 0 saturated heterocycles. The Labute approximate surface area is 143 Å². The smallest absolute Gasteiger partial charge is 0.367 e. The van der Waals surface area contributed by atoms with Gasteiger partial charge in [0.05, 0.1) is 5.56 Å². The van der Waals surface area contributed by atoms with Gasteiger partial charge >= 0.3 is 6.18 Å². The van der Waals surface area contributed by atoms with E-state index in [-0.39, 0.29) is 0 Å². The average molecular weight is 349 g/mol. The topological polar surface area (TPSA) is 45.2 Å². The largest absolute Gasteiger partial charge is 0.417 e. The lowest BCUT2D eigenvalue weighted by atomic mass is 10.0. The summed E-state index contributed by atoms with van der Waals surface area (Å²) < 4.78 is 38.7. The number of benzene rings is 1. The van der Waals surface area contributed by atoms with Crippen molar-refractivity contribution in [3.63, 3.8) is 0 Å². The van der Waals surface area contributed by atoms with E-state index < -0.39 is 11.7 Å². The van der Waals surface area contributed by atoms with Crippen molar-refractivity contribution >= 4 is 17.8 Å². The molecule has 0 spiro atoms. The fourth-order valence-corrected chi connectivity index (χ4v) is 3.21. The second-order valence-corrected chi connectivity index (χ2v) is 6.22. The van der Waals surface area contributed by atoms with Gasteiger partial charge < -0.3 is 10.2 Å². The van der Waals surface area contributed by atoms with Gasteiger partial charge in [0.2, 0.25) is 6.41 Å². The van der Waals surface area contributed by atoms with Gasteiger partial charge in [-0.3, -0.25) is 9.78 Å². The Balaban J connectivity index is 1.91. The lowest BCUT2D eigenvalue weighted by Gasteiger charge is -2.31. The minimum Gasteiger partial charge on any atom is -0.367 e. The van der Waals surface area contributed by atoms with Crippen LogP contribution in [0.2, 0.25) is 0 Å². The molecule has 3 rings (SSSR count). The van der Waals surface area contributed by atoms with Crippen LogP contribution in [0.15, 0.2) is 24.4 Å². The number of rotatable bonds is 3. The molecule has 4 nitrogen and oxygen atoms in total. The number of amides is 1. The highest BCUT2D eigenvalue weighted by atomic mass is 19.4. The van der Waals surface area contributed by atoms with Gasteiger partial charge in [-0.1, -0.05) is 0 Å². The third-order valence-corrected chi connectivity index (χ3v) is 4.45. The fraction of sp³-hybridized carbons (Fsp3) is 0.333. The van der Waals surface area contributed by atoms with Crippen molar-refractivity contribution in [2.75, 3.05) is 16.8 Å². The van der Waals surface area contributed by atoms with Crippen LogP contribution in [0.25, 0.3) is 0 Å². The summed E-state index contributed by atoms with van der Waals surface area (Å²) in [6.07, 6.45) is -2.25. The molecular weight excluding hydrogens is 331 g/mol. The molecule has 7 heteroatoms. The first-order valence-corrected chi connectivity index (χ1v) is 7.91. The molecular formula is C18H18F3N3O. The average Bonchev–Trinajstić information content (AvgIpc) is 2.56. The highest BCUT2D eigenvalue weighted by Gasteiger charge is 2.32. The number of fused-ring (bicyclic) bond motifs is 1. The first-order valence-electron chi connectivity index (χ1n) is 7.91. The van der Waals surface area contributed by atoms with Crippen molar-refractivity contribution in [2.24, 2.45) is 0 Å². The Kier molecular flexibility index (Phi) is 4.41. The molecule has 1 aliphatic rings.